The third-order valence-electron chi connectivity index (χ3n) is 4.21. The molecule has 0 aliphatic rings. The average molecular weight is 404 g/mol. The Morgan fingerprint density at radius 1 is 0.964 bits per heavy atom. The highest BCUT2D eigenvalue weighted by molar-refractivity contribution is 7.80. The van der Waals surface area contributed by atoms with Crippen LogP contribution in [-0.2, 0) is 28.5 Å². The lowest BCUT2D eigenvalue weighted by Gasteiger charge is -2.22. The number of hydrogen-bond donors (Lipinski definition) is 0. The number of allylic oxidation sites excluding steroid dienone is 1. The molecule has 6 heteroatoms. The SMILES string of the molecule is C=CC[C@H](C)CS(=O)ON(Cc1ccc(OC)cc1)Cc1ccc(OC)cc1. The largest absolute Gasteiger partial charge is 0.497 e. The van der Waals surface area contributed by atoms with Crippen molar-refractivity contribution < 1.29 is 18.0 Å². The van der Waals surface area contributed by atoms with Crippen molar-refractivity contribution in [3.63, 3.8) is 0 Å². The van der Waals surface area contributed by atoms with Crippen LogP contribution < -0.4 is 9.47 Å². The van der Waals surface area contributed by atoms with E-state index in [2.05, 4.69) is 6.58 Å². The van der Waals surface area contributed by atoms with E-state index in [-0.39, 0.29) is 5.92 Å². The van der Waals surface area contributed by atoms with Crippen molar-refractivity contribution in [2.24, 2.45) is 5.92 Å². The van der Waals surface area contributed by atoms with Crippen LogP contribution in [0.15, 0.2) is 61.2 Å². The molecule has 152 valence electrons. The van der Waals surface area contributed by atoms with E-state index >= 15 is 0 Å². The van der Waals surface area contributed by atoms with Crippen molar-refractivity contribution in [3.8, 4) is 11.5 Å². The number of rotatable bonds is 12. The number of ether oxygens (including phenoxy) is 2. The van der Waals surface area contributed by atoms with Gasteiger partial charge in [-0.15, -0.1) is 6.58 Å². The summed E-state index contributed by atoms with van der Waals surface area (Å²) in [6, 6.07) is 15.5. The minimum Gasteiger partial charge on any atom is -0.497 e. The van der Waals surface area contributed by atoms with Crippen LogP contribution >= 0.6 is 0 Å². The lowest BCUT2D eigenvalue weighted by atomic mass is 10.1. The molecule has 0 amide bonds. The van der Waals surface area contributed by atoms with Crippen LogP contribution in [-0.4, -0.2) is 29.2 Å². The Morgan fingerprint density at radius 2 is 1.43 bits per heavy atom. The van der Waals surface area contributed by atoms with Gasteiger partial charge >= 0.3 is 0 Å². The molecule has 1 unspecified atom stereocenters. The number of benzene rings is 2. The van der Waals surface area contributed by atoms with Crippen LogP contribution in [0.25, 0.3) is 0 Å². The van der Waals surface area contributed by atoms with Gasteiger partial charge in [0.1, 0.15) is 11.5 Å². The van der Waals surface area contributed by atoms with E-state index in [9.17, 15) is 4.21 Å². The highest BCUT2D eigenvalue weighted by Gasteiger charge is 2.15. The fraction of sp³-hybridized carbons (Fsp3) is 0.364. The van der Waals surface area contributed by atoms with E-state index in [1.807, 2.05) is 61.5 Å². The molecule has 5 nitrogen and oxygen atoms in total. The maximum atomic E-state index is 12.5. The summed E-state index contributed by atoms with van der Waals surface area (Å²) in [5.41, 5.74) is 2.09. The highest BCUT2D eigenvalue weighted by atomic mass is 32.2. The summed E-state index contributed by atoms with van der Waals surface area (Å²) in [5.74, 6) is 2.32. The van der Waals surface area contributed by atoms with Crippen LogP contribution in [0.2, 0.25) is 0 Å². The Balaban J connectivity index is 2.08. The smallest absolute Gasteiger partial charge is 0.173 e. The van der Waals surface area contributed by atoms with Gasteiger partial charge < -0.3 is 9.47 Å². The van der Waals surface area contributed by atoms with Crippen LogP contribution in [0.5, 0.6) is 11.5 Å². The Kier molecular flexibility index (Phi) is 9.20. The molecule has 0 aliphatic heterocycles. The number of methoxy groups -OCH3 is 2. The molecular formula is C22H29NO4S. The maximum Gasteiger partial charge on any atom is 0.173 e. The first-order valence-electron chi connectivity index (χ1n) is 9.22. The zero-order valence-electron chi connectivity index (χ0n) is 16.8. The highest BCUT2D eigenvalue weighted by Crippen LogP contribution is 2.18. The van der Waals surface area contributed by atoms with Crippen molar-refractivity contribution in [3.05, 3.63) is 72.3 Å². The standard InChI is InChI=1S/C22H29NO4S/c1-5-6-18(2)17-28(24)27-23(15-19-7-11-21(25-3)12-8-19)16-20-9-13-22(26-4)14-10-20/h5,7-14,18H,1,6,15-17H2,2-4H3/t18-,28?/m0/s1. The van der Waals surface area contributed by atoms with Gasteiger partial charge in [0.25, 0.3) is 0 Å². The second kappa shape index (κ2) is 11.6. The van der Waals surface area contributed by atoms with Crippen molar-refractivity contribution in [1.82, 2.24) is 5.06 Å². The van der Waals surface area contributed by atoms with Crippen LogP contribution in [0.3, 0.4) is 0 Å². The third kappa shape index (κ3) is 7.46. The molecule has 28 heavy (non-hydrogen) atoms. The zero-order chi connectivity index (χ0) is 20.4. The van der Waals surface area contributed by atoms with E-state index in [4.69, 9.17) is 13.8 Å². The van der Waals surface area contributed by atoms with Crippen LogP contribution in [0.4, 0.5) is 0 Å². The molecule has 0 fully saturated rings. The van der Waals surface area contributed by atoms with Gasteiger partial charge in [0.05, 0.1) is 33.1 Å². The van der Waals surface area contributed by atoms with Gasteiger partial charge in [0.2, 0.25) is 0 Å². The number of hydroxylamine groups is 2. The molecule has 0 N–H and O–H groups in total. The molecule has 0 aromatic heterocycles. The predicted molar refractivity (Wildman–Crippen MR) is 113 cm³/mol. The van der Waals surface area contributed by atoms with Gasteiger partial charge in [-0.25, -0.2) is 4.21 Å². The molecule has 2 atom stereocenters. The van der Waals surface area contributed by atoms with Crippen molar-refractivity contribution in [1.29, 1.82) is 0 Å². The number of nitrogens with zero attached hydrogens (tertiary/aromatic N) is 1. The molecule has 0 aliphatic carbocycles. The molecule has 0 heterocycles. The van der Waals surface area contributed by atoms with Crippen LogP contribution in [0, 0.1) is 5.92 Å². The Hall–Kier alpha value is -2.15. The summed E-state index contributed by atoms with van der Waals surface area (Å²) in [5, 5.41) is 1.74. The molecule has 0 bridgehead atoms. The Labute approximate surface area is 170 Å². The predicted octanol–water partition coefficient (Wildman–Crippen LogP) is 4.51. The second-order valence-corrected chi connectivity index (χ2v) is 7.76. The van der Waals surface area contributed by atoms with Gasteiger partial charge in [0, 0.05) is 0 Å². The van der Waals surface area contributed by atoms with Crippen LogP contribution in [0.1, 0.15) is 24.5 Å². The van der Waals surface area contributed by atoms with Gasteiger partial charge in [-0.1, -0.05) is 37.3 Å². The minimum atomic E-state index is -1.41. The molecule has 0 radical (unpaired) electrons. The fourth-order valence-corrected chi connectivity index (χ4v) is 3.71. The quantitative estimate of drug-likeness (QED) is 0.385. The lowest BCUT2D eigenvalue weighted by molar-refractivity contribution is -0.0628. The molecule has 0 saturated heterocycles. The summed E-state index contributed by atoms with van der Waals surface area (Å²) >= 11 is -1.41. The van der Waals surface area contributed by atoms with Gasteiger partial charge in [-0.05, 0) is 47.7 Å². The molecular weight excluding hydrogens is 374 g/mol. The average Bonchev–Trinajstić information content (AvgIpc) is 2.69. The Morgan fingerprint density at radius 3 is 1.82 bits per heavy atom. The first-order chi connectivity index (χ1) is 13.5. The lowest BCUT2D eigenvalue weighted by Crippen LogP contribution is -2.26. The summed E-state index contributed by atoms with van der Waals surface area (Å²) in [6.07, 6.45) is 2.65. The zero-order valence-corrected chi connectivity index (χ0v) is 17.6. The first kappa shape index (κ1) is 22.1. The van der Waals surface area contributed by atoms with Crippen molar-refractivity contribution in [2.45, 2.75) is 26.4 Å². The van der Waals surface area contributed by atoms with Gasteiger partial charge in [-0.3, -0.25) is 0 Å². The van der Waals surface area contributed by atoms with E-state index in [0.717, 1.165) is 29.0 Å². The number of hydrogen-bond acceptors (Lipinski definition) is 5. The summed E-state index contributed by atoms with van der Waals surface area (Å²) in [6.45, 7) is 6.80. The van der Waals surface area contributed by atoms with Crippen molar-refractivity contribution >= 4 is 11.1 Å². The fourth-order valence-electron chi connectivity index (χ4n) is 2.71. The topological polar surface area (TPSA) is 48.0 Å². The summed E-state index contributed by atoms with van der Waals surface area (Å²) < 4.78 is 28.7. The van der Waals surface area contributed by atoms with E-state index < -0.39 is 11.1 Å². The Bertz CT molecular complexity index is 697. The third-order valence-corrected chi connectivity index (χ3v) is 5.43. The first-order valence-corrected chi connectivity index (χ1v) is 10.5. The molecule has 2 aromatic carbocycles. The van der Waals surface area contributed by atoms with Gasteiger partial charge in [0.15, 0.2) is 11.1 Å². The van der Waals surface area contributed by atoms with Crippen molar-refractivity contribution in [2.75, 3.05) is 20.0 Å². The van der Waals surface area contributed by atoms with E-state index in [0.29, 0.717) is 18.8 Å². The minimum absolute atomic E-state index is 0.252. The molecule has 2 aromatic rings. The summed E-state index contributed by atoms with van der Waals surface area (Å²) in [4.78, 5) is 0. The second-order valence-electron chi connectivity index (χ2n) is 6.67. The van der Waals surface area contributed by atoms with E-state index in [1.54, 1.807) is 19.3 Å². The molecule has 0 spiro atoms. The monoisotopic (exact) mass is 403 g/mol. The van der Waals surface area contributed by atoms with E-state index in [1.165, 1.54) is 0 Å². The molecule has 2 rings (SSSR count). The summed E-state index contributed by atoms with van der Waals surface area (Å²) in [7, 11) is 3.28. The molecule has 0 saturated carbocycles. The maximum absolute atomic E-state index is 12.5. The van der Waals surface area contributed by atoms with Gasteiger partial charge in [-0.2, -0.15) is 9.35 Å². The normalized spacial score (nSPS) is 13.1.